The van der Waals surface area contributed by atoms with Crippen molar-refractivity contribution in [3.8, 4) is 0 Å². The van der Waals surface area contributed by atoms with Gasteiger partial charge in [-0.15, -0.1) is 10.2 Å². The largest absolute Gasteiger partial charge is 0.348 e. The highest BCUT2D eigenvalue weighted by atomic mass is 16.2. The third-order valence-electron chi connectivity index (χ3n) is 4.13. The highest BCUT2D eigenvalue weighted by Gasteiger charge is 2.37. The quantitative estimate of drug-likeness (QED) is 0.825. The molecule has 1 heterocycles. The van der Waals surface area contributed by atoms with Crippen LogP contribution in [0.2, 0.25) is 0 Å². The summed E-state index contributed by atoms with van der Waals surface area (Å²) in [6.07, 6.45) is 6.87. The van der Waals surface area contributed by atoms with Gasteiger partial charge in [0.25, 0.3) is 0 Å². The van der Waals surface area contributed by atoms with Crippen molar-refractivity contribution >= 4 is 5.91 Å². The van der Waals surface area contributed by atoms with Gasteiger partial charge >= 0.3 is 0 Å². The second kappa shape index (κ2) is 6.14. The number of amides is 1. The Hall–Kier alpha value is -1.43. The number of hydrogen-bond donors (Lipinski definition) is 2. The lowest BCUT2D eigenvalue weighted by Crippen LogP contribution is -2.47. The van der Waals surface area contributed by atoms with E-state index in [1.807, 2.05) is 11.5 Å². The minimum atomic E-state index is -0.366. The molecule has 3 N–H and O–H groups in total. The van der Waals surface area contributed by atoms with E-state index in [2.05, 4.69) is 15.5 Å². The molecule has 106 valence electrons. The van der Waals surface area contributed by atoms with Crippen LogP contribution in [-0.4, -0.2) is 27.2 Å². The molecule has 0 saturated heterocycles. The molecule has 19 heavy (non-hydrogen) atoms. The number of nitrogens with one attached hydrogen (secondary N) is 1. The molecule has 1 aromatic heterocycles. The van der Waals surface area contributed by atoms with Gasteiger partial charge in [0.1, 0.15) is 6.33 Å². The van der Waals surface area contributed by atoms with Crippen molar-refractivity contribution in [2.24, 2.45) is 11.1 Å². The molecule has 6 heteroatoms. The first-order valence-electron chi connectivity index (χ1n) is 7.07. The molecule has 0 bridgehead atoms. The SMILES string of the molecule is CCn1cnnc1CNC(=O)C1(CN)CCCCC1. The second-order valence-corrected chi connectivity index (χ2v) is 5.26. The van der Waals surface area contributed by atoms with Gasteiger partial charge in [-0.2, -0.15) is 0 Å². The minimum absolute atomic E-state index is 0.0698. The maximum atomic E-state index is 12.4. The fourth-order valence-electron chi connectivity index (χ4n) is 2.78. The second-order valence-electron chi connectivity index (χ2n) is 5.26. The number of aromatic nitrogens is 3. The summed E-state index contributed by atoms with van der Waals surface area (Å²) in [5.74, 6) is 0.860. The van der Waals surface area contributed by atoms with Crippen molar-refractivity contribution in [1.82, 2.24) is 20.1 Å². The lowest BCUT2D eigenvalue weighted by atomic mass is 9.73. The molecule has 1 aromatic rings. The first-order valence-corrected chi connectivity index (χ1v) is 7.07. The van der Waals surface area contributed by atoms with Crippen LogP contribution in [-0.2, 0) is 17.9 Å². The molecular formula is C13H23N5O. The van der Waals surface area contributed by atoms with Gasteiger partial charge in [0, 0.05) is 13.1 Å². The Morgan fingerprint density at radius 2 is 2.21 bits per heavy atom. The molecule has 1 saturated carbocycles. The summed E-state index contributed by atoms with van der Waals surface area (Å²) in [6.45, 7) is 3.69. The Kier molecular flexibility index (Phi) is 4.52. The van der Waals surface area contributed by atoms with Crippen molar-refractivity contribution in [2.75, 3.05) is 6.54 Å². The van der Waals surface area contributed by atoms with Crippen LogP contribution in [0.5, 0.6) is 0 Å². The number of carbonyl (C=O) groups excluding carboxylic acids is 1. The zero-order valence-corrected chi connectivity index (χ0v) is 11.6. The molecule has 0 spiro atoms. The lowest BCUT2D eigenvalue weighted by Gasteiger charge is -2.34. The molecule has 6 nitrogen and oxygen atoms in total. The fraction of sp³-hybridized carbons (Fsp3) is 0.769. The van der Waals surface area contributed by atoms with Gasteiger partial charge in [-0.3, -0.25) is 4.79 Å². The van der Waals surface area contributed by atoms with Crippen LogP contribution in [0.1, 0.15) is 44.9 Å². The lowest BCUT2D eigenvalue weighted by molar-refractivity contribution is -0.132. The molecule has 0 aromatic carbocycles. The monoisotopic (exact) mass is 265 g/mol. The number of nitrogens with zero attached hydrogens (tertiary/aromatic N) is 3. The zero-order chi connectivity index (χ0) is 13.7. The molecule has 0 radical (unpaired) electrons. The Morgan fingerprint density at radius 1 is 1.47 bits per heavy atom. The van der Waals surface area contributed by atoms with Gasteiger partial charge < -0.3 is 15.6 Å². The van der Waals surface area contributed by atoms with E-state index in [4.69, 9.17) is 5.73 Å². The first kappa shape index (κ1) is 14.0. The number of carbonyl (C=O) groups is 1. The summed E-state index contributed by atoms with van der Waals surface area (Å²) in [5.41, 5.74) is 5.48. The fourth-order valence-corrected chi connectivity index (χ4v) is 2.78. The number of nitrogens with two attached hydrogens (primary N) is 1. The molecule has 0 unspecified atom stereocenters. The van der Waals surface area contributed by atoms with Crippen molar-refractivity contribution < 1.29 is 4.79 Å². The number of aryl methyl sites for hydroxylation is 1. The van der Waals surface area contributed by atoms with Crippen LogP contribution < -0.4 is 11.1 Å². The van der Waals surface area contributed by atoms with E-state index in [1.165, 1.54) is 6.42 Å². The van der Waals surface area contributed by atoms with Crippen molar-refractivity contribution in [3.63, 3.8) is 0 Å². The average Bonchev–Trinajstić information content (AvgIpc) is 2.92. The molecule has 1 aliphatic rings. The average molecular weight is 265 g/mol. The van der Waals surface area contributed by atoms with Gasteiger partial charge in [0.05, 0.1) is 12.0 Å². The van der Waals surface area contributed by atoms with Gasteiger partial charge in [-0.05, 0) is 19.8 Å². The molecule has 0 aliphatic heterocycles. The van der Waals surface area contributed by atoms with E-state index in [1.54, 1.807) is 6.33 Å². The minimum Gasteiger partial charge on any atom is -0.348 e. The maximum Gasteiger partial charge on any atom is 0.227 e. The predicted molar refractivity (Wildman–Crippen MR) is 72.1 cm³/mol. The maximum absolute atomic E-state index is 12.4. The van der Waals surface area contributed by atoms with Crippen LogP contribution in [0, 0.1) is 5.41 Å². The molecule has 2 rings (SSSR count). The Morgan fingerprint density at radius 3 is 2.84 bits per heavy atom. The highest BCUT2D eigenvalue weighted by Crippen LogP contribution is 2.35. The van der Waals surface area contributed by atoms with Gasteiger partial charge in [0.2, 0.25) is 5.91 Å². The summed E-state index contributed by atoms with van der Waals surface area (Å²) in [7, 11) is 0. The summed E-state index contributed by atoms with van der Waals surface area (Å²) in [5, 5.41) is 10.9. The smallest absolute Gasteiger partial charge is 0.227 e. The zero-order valence-electron chi connectivity index (χ0n) is 11.6. The van der Waals surface area contributed by atoms with Crippen molar-refractivity contribution in [1.29, 1.82) is 0 Å². The van der Waals surface area contributed by atoms with E-state index in [0.717, 1.165) is 38.1 Å². The molecule has 1 amide bonds. The number of rotatable bonds is 5. The van der Waals surface area contributed by atoms with E-state index in [9.17, 15) is 4.79 Å². The summed E-state index contributed by atoms with van der Waals surface area (Å²) in [4.78, 5) is 12.4. The molecule has 1 fully saturated rings. The van der Waals surface area contributed by atoms with E-state index < -0.39 is 0 Å². The Bertz CT molecular complexity index is 422. The summed E-state index contributed by atoms with van der Waals surface area (Å²) >= 11 is 0. The Balaban J connectivity index is 1.96. The molecular weight excluding hydrogens is 242 g/mol. The van der Waals surface area contributed by atoms with Gasteiger partial charge in [0.15, 0.2) is 5.82 Å². The van der Waals surface area contributed by atoms with Gasteiger partial charge in [-0.25, -0.2) is 0 Å². The molecule has 0 atom stereocenters. The highest BCUT2D eigenvalue weighted by molar-refractivity contribution is 5.82. The van der Waals surface area contributed by atoms with Crippen LogP contribution in [0.3, 0.4) is 0 Å². The number of hydrogen-bond acceptors (Lipinski definition) is 4. The van der Waals surface area contributed by atoms with Gasteiger partial charge in [-0.1, -0.05) is 19.3 Å². The van der Waals surface area contributed by atoms with Crippen molar-refractivity contribution in [3.05, 3.63) is 12.2 Å². The van der Waals surface area contributed by atoms with Crippen LogP contribution in [0.15, 0.2) is 6.33 Å². The normalized spacial score (nSPS) is 18.2. The molecule has 1 aliphatic carbocycles. The van der Waals surface area contributed by atoms with Crippen molar-refractivity contribution in [2.45, 2.75) is 52.1 Å². The van der Waals surface area contributed by atoms with Crippen LogP contribution >= 0.6 is 0 Å². The topological polar surface area (TPSA) is 85.8 Å². The van der Waals surface area contributed by atoms with Crippen LogP contribution in [0.25, 0.3) is 0 Å². The first-order chi connectivity index (χ1) is 9.22. The van der Waals surface area contributed by atoms with E-state index in [0.29, 0.717) is 13.1 Å². The third kappa shape index (κ3) is 2.94. The van der Waals surface area contributed by atoms with Crippen LogP contribution in [0.4, 0.5) is 0 Å². The van der Waals surface area contributed by atoms with E-state index in [-0.39, 0.29) is 11.3 Å². The van der Waals surface area contributed by atoms with E-state index >= 15 is 0 Å². The predicted octanol–water partition coefficient (Wildman–Crippen LogP) is 0.823. The standard InChI is InChI=1S/C13H23N5O/c1-2-18-10-16-17-11(18)8-15-12(19)13(9-14)6-4-3-5-7-13/h10H,2-9,14H2,1H3,(H,15,19). The Labute approximate surface area is 113 Å². The summed E-state index contributed by atoms with van der Waals surface area (Å²) < 4.78 is 1.93. The summed E-state index contributed by atoms with van der Waals surface area (Å²) in [6, 6.07) is 0. The third-order valence-corrected chi connectivity index (χ3v) is 4.13.